The van der Waals surface area contributed by atoms with Crippen molar-refractivity contribution in [2.24, 2.45) is 0 Å². The molecule has 0 radical (unpaired) electrons. The number of hydrogen-bond acceptors (Lipinski definition) is 3. The quantitative estimate of drug-likeness (QED) is 0.386. The topological polar surface area (TPSA) is 58.6 Å². The van der Waals surface area contributed by atoms with Crippen LogP contribution >= 0.6 is 0 Å². The van der Waals surface area contributed by atoms with E-state index in [1.54, 1.807) is 0 Å². The zero-order valence-electron chi connectivity index (χ0n) is 18.3. The van der Waals surface area contributed by atoms with E-state index in [2.05, 4.69) is 36.5 Å². The molecule has 30 heavy (non-hydrogen) atoms. The van der Waals surface area contributed by atoms with Crippen molar-refractivity contribution in [1.82, 2.24) is 5.32 Å². The van der Waals surface area contributed by atoms with Crippen LogP contribution in [-0.2, 0) is 24.2 Å². The van der Waals surface area contributed by atoms with E-state index in [0.29, 0.717) is 6.42 Å². The fourth-order valence-electron chi connectivity index (χ4n) is 3.46. The van der Waals surface area contributed by atoms with Gasteiger partial charge in [-0.2, -0.15) is 0 Å². The lowest BCUT2D eigenvalue weighted by molar-refractivity contribution is 0.128. The molecule has 164 valence electrons. The van der Waals surface area contributed by atoms with Crippen LogP contribution in [0, 0.1) is 0 Å². The van der Waals surface area contributed by atoms with Gasteiger partial charge in [0.1, 0.15) is 6.61 Å². The molecule has 1 unspecified atom stereocenters. The van der Waals surface area contributed by atoms with Crippen LogP contribution in [0.5, 0.6) is 0 Å². The summed E-state index contributed by atoms with van der Waals surface area (Å²) in [6, 6.07) is 18.0. The summed E-state index contributed by atoms with van der Waals surface area (Å²) in [6.45, 7) is 2.37. The van der Waals surface area contributed by atoms with Gasteiger partial charge in [-0.1, -0.05) is 93.6 Å². The number of ether oxygens (including phenoxy) is 1. The maximum Gasteiger partial charge on any atom is 0.407 e. The van der Waals surface area contributed by atoms with Crippen LogP contribution in [0.15, 0.2) is 54.6 Å². The minimum atomic E-state index is -0.493. The molecule has 0 saturated carbocycles. The van der Waals surface area contributed by atoms with Crippen LogP contribution < -0.4 is 5.32 Å². The standard InChI is InChI=1S/C26H37NO3/c1-2-3-4-5-6-8-11-22-14-16-23(17-15-22)18-19-25(20-28)27-26(29)30-21-24-12-9-7-10-13-24/h7,9-10,12-17,25,28H,2-6,8,11,18-21H2,1H3,(H,27,29). The van der Waals surface area contributed by atoms with Crippen molar-refractivity contribution in [2.45, 2.75) is 77.4 Å². The summed E-state index contributed by atoms with van der Waals surface area (Å²) in [5, 5.41) is 12.3. The van der Waals surface area contributed by atoms with Crippen molar-refractivity contribution in [1.29, 1.82) is 0 Å². The highest BCUT2D eigenvalue weighted by Gasteiger charge is 2.12. The third-order valence-electron chi connectivity index (χ3n) is 5.38. The largest absolute Gasteiger partial charge is 0.445 e. The first-order valence-electron chi connectivity index (χ1n) is 11.4. The molecule has 0 saturated heterocycles. The molecule has 0 fully saturated rings. The summed E-state index contributed by atoms with van der Waals surface area (Å²) in [6.07, 6.45) is 10.0. The summed E-state index contributed by atoms with van der Waals surface area (Å²) in [7, 11) is 0. The molecular formula is C26H37NO3. The molecule has 0 aromatic heterocycles. The Morgan fingerprint density at radius 1 is 0.867 bits per heavy atom. The molecule has 2 aromatic rings. The number of amides is 1. The Labute approximate surface area is 181 Å². The minimum Gasteiger partial charge on any atom is -0.445 e. The number of benzene rings is 2. The van der Waals surface area contributed by atoms with Crippen molar-refractivity contribution in [3.63, 3.8) is 0 Å². The molecule has 2 aromatic carbocycles. The highest BCUT2D eigenvalue weighted by molar-refractivity contribution is 5.67. The SMILES string of the molecule is CCCCCCCCc1ccc(CCC(CO)NC(=O)OCc2ccccc2)cc1. The Balaban J connectivity index is 1.65. The second kappa shape index (κ2) is 14.6. The van der Waals surface area contributed by atoms with Crippen LogP contribution in [0.1, 0.15) is 68.6 Å². The third kappa shape index (κ3) is 9.93. The van der Waals surface area contributed by atoms with Crippen molar-refractivity contribution in [3.05, 3.63) is 71.3 Å². The fourth-order valence-corrected chi connectivity index (χ4v) is 3.46. The normalized spacial score (nSPS) is 11.8. The number of rotatable bonds is 14. The number of nitrogens with one attached hydrogen (secondary N) is 1. The number of aliphatic hydroxyl groups is 1. The van der Waals surface area contributed by atoms with Gasteiger partial charge >= 0.3 is 6.09 Å². The van der Waals surface area contributed by atoms with E-state index >= 15 is 0 Å². The monoisotopic (exact) mass is 411 g/mol. The maximum atomic E-state index is 12.0. The van der Waals surface area contributed by atoms with E-state index in [-0.39, 0.29) is 19.3 Å². The van der Waals surface area contributed by atoms with Crippen molar-refractivity contribution in [3.8, 4) is 0 Å². The average molecular weight is 412 g/mol. The van der Waals surface area contributed by atoms with Gasteiger partial charge in [0.15, 0.2) is 0 Å². The van der Waals surface area contributed by atoms with Crippen molar-refractivity contribution in [2.75, 3.05) is 6.61 Å². The molecule has 4 heteroatoms. The van der Waals surface area contributed by atoms with Gasteiger partial charge in [-0.05, 0) is 42.4 Å². The van der Waals surface area contributed by atoms with E-state index < -0.39 is 6.09 Å². The fraction of sp³-hybridized carbons (Fsp3) is 0.500. The molecule has 2 rings (SSSR count). The molecule has 0 heterocycles. The summed E-state index contributed by atoms with van der Waals surface area (Å²) in [5.41, 5.74) is 3.55. The lowest BCUT2D eigenvalue weighted by atomic mass is 10.0. The van der Waals surface area contributed by atoms with Gasteiger partial charge in [0, 0.05) is 0 Å². The minimum absolute atomic E-state index is 0.101. The number of carbonyl (C=O) groups is 1. The lowest BCUT2D eigenvalue weighted by Crippen LogP contribution is -2.38. The van der Waals surface area contributed by atoms with Gasteiger partial charge in [-0.3, -0.25) is 0 Å². The van der Waals surface area contributed by atoms with E-state index in [9.17, 15) is 9.90 Å². The van der Waals surface area contributed by atoms with Crippen molar-refractivity contribution < 1.29 is 14.6 Å². The van der Waals surface area contributed by atoms with Gasteiger partial charge in [0.05, 0.1) is 12.6 Å². The van der Waals surface area contributed by atoms with Crippen LogP contribution in [0.2, 0.25) is 0 Å². The maximum absolute atomic E-state index is 12.0. The van der Waals surface area contributed by atoms with E-state index in [1.165, 1.54) is 49.7 Å². The van der Waals surface area contributed by atoms with Crippen LogP contribution in [0.25, 0.3) is 0 Å². The molecule has 1 atom stereocenters. The molecule has 0 aliphatic rings. The summed E-state index contributed by atoms with van der Waals surface area (Å²) >= 11 is 0. The molecule has 4 nitrogen and oxygen atoms in total. The predicted molar refractivity (Wildman–Crippen MR) is 122 cm³/mol. The lowest BCUT2D eigenvalue weighted by Gasteiger charge is -2.16. The van der Waals surface area contributed by atoms with E-state index in [1.807, 2.05) is 30.3 Å². The van der Waals surface area contributed by atoms with Gasteiger partial charge in [0.2, 0.25) is 0 Å². The molecule has 0 aliphatic carbocycles. The Kier molecular flexibility index (Phi) is 11.7. The van der Waals surface area contributed by atoms with Gasteiger partial charge in [-0.25, -0.2) is 4.79 Å². The predicted octanol–water partition coefficient (Wildman–Crippen LogP) is 5.81. The summed E-state index contributed by atoms with van der Waals surface area (Å²) in [4.78, 5) is 12.0. The van der Waals surface area contributed by atoms with Crippen molar-refractivity contribution >= 4 is 6.09 Å². The van der Waals surface area contributed by atoms with Gasteiger partial charge in [-0.15, -0.1) is 0 Å². The zero-order chi connectivity index (χ0) is 21.4. The number of hydrogen-bond donors (Lipinski definition) is 2. The molecule has 1 amide bonds. The second-order valence-electron chi connectivity index (χ2n) is 7.96. The van der Waals surface area contributed by atoms with Crippen LogP contribution in [-0.4, -0.2) is 23.8 Å². The first-order chi connectivity index (χ1) is 14.7. The number of alkyl carbamates (subject to hydrolysis) is 1. The first-order valence-corrected chi connectivity index (χ1v) is 11.4. The van der Waals surface area contributed by atoms with Gasteiger partial charge < -0.3 is 15.2 Å². The number of carbonyl (C=O) groups excluding carboxylic acids is 1. The Morgan fingerprint density at radius 2 is 1.50 bits per heavy atom. The highest BCUT2D eigenvalue weighted by Crippen LogP contribution is 2.13. The summed E-state index contributed by atoms with van der Waals surface area (Å²) in [5.74, 6) is 0. The number of aliphatic hydroxyl groups excluding tert-OH is 1. The van der Waals surface area contributed by atoms with E-state index in [4.69, 9.17) is 4.74 Å². The van der Waals surface area contributed by atoms with Crippen LogP contribution in [0.3, 0.4) is 0 Å². The molecular weight excluding hydrogens is 374 g/mol. The molecule has 0 bridgehead atoms. The van der Waals surface area contributed by atoms with Crippen LogP contribution in [0.4, 0.5) is 4.79 Å². The molecule has 0 spiro atoms. The second-order valence-corrected chi connectivity index (χ2v) is 7.96. The molecule has 0 aliphatic heterocycles. The molecule has 2 N–H and O–H groups in total. The Morgan fingerprint density at radius 3 is 2.17 bits per heavy atom. The third-order valence-corrected chi connectivity index (χ3v) is 5.38. The summed E-state index contributed by atoms with van der Waals surface area (Å²) < 4.78 is 5.24. The average Bonchev–Trinajstić information content (AvgIpc) is 2.79. The smallest absolute Gasteiger partial charge is 0.407 e. The Hall–Kier alpha value is -2.33. The highest BCUT2D eigenvalue weighted by atomic mass is 16.5. The number of unbranched alkanes of at least 4 members (excludes halogenated alkanes) is 5. The Bertz CT molecular complexity index is 700. The first kappa shape index (κ1) is 23.9. The van der Waals surface area contributed by atoms with E-state index in [0.717, 1.165) is 18.4 Å². The zero-order valence-corrected chi connectivity index (χ0v) is 18.3. The van der Waals surface area contributed by atoms with Gasteiger partial charge in [0.25, 0.3) is 0 Å². The number of aryl methyl sites for hydroxylation is 2.